The van der Waals surface area contributed by atoms with Crippen molar-refractivity contribution in [3.63, 3.8) is 0 Å². The van der Waals surface area contributed by atoms with E-state index in [4.69, 9.17) is 4.74 Å². The first-order chi connectivity index (χ1) is 15.4. The molecule has 1 amide bonds. The number of rotatable bonds is 6. The molecule has 4 aromatic rings. The number of hydrogen-bond donors (Lipinski definition) is 1. The Hall–Kier alpha value is -4.01. The highest BCUT2D eigenvalue weighted by molar-refractivity contribution is 5.95. The number of nitrogens with one attached hydrogen (secondary N) is 1. The van der Waals surface area contributed by atoms with E-state index in [-0.39, 0.29) is 24.7 Å². The molecule has 2 aromatic heterocycles. The lowest BCUT2D eigenvalue weighted by Crippen LogP contribution is -2.29. The smallest absolute Gasteiger partial charge is 0.338 e. The maximum atomic E-state index is 13.2. The van der Waals surface area contributed by atoms with Crippen LogP contribution in [-0.2, 0) is 16.1 Å². The summed E-state index contributed by atoms with van der Waals surface area (Å²) in [5, 5.41) is 11.0. The third kappa shape index (κ3) is 3.84. The van der Waals surface area contributed by atoms with E-state index in [1.165, 1.54) is 10.6 Å². The molecule has 0 atom stereocenters. The molecule has 0 spiro atoms. The average molecular weight is 433 g/mol. The standard InChI is InChI=1S/C23H23N5O4/c1-4-32-23(31)15-8-7-9-16(12-15)24-19(29)13-27-17-10-5-6-11-18(17)28-20(14(2)3)25-26-21(28)22(27)30/h5-12,14H,4,13H2,1-3H3,(H,24,29). The lowest BCUT2D eigenvalue weighted by atomic mass is 10.2. The van der Waals surface area contributed by atoms with Crippen LogP contribution in [0.25, 0.3) is 16.7 Å². The van der Waals surface area contributed by atoms with Gasteiger partial charge in [-0.2, -0.15) is 0 Å². The summed E-state index contributed by atoms with van der Waals surface area (Å²) in [7, 11) is 0. The number of fused-ring (bicyclic) bond motifs is 3. The Bertz CT molecular complexity index is 1390. The van der Waals surface area contributed by atoms with Crippen LogP contribution in [0.3, 0.4) is 0 Å². The molecule has 0 saturated carbocycles. The molecule has 0 aliphatic rings. The number of ether oxygens (including phenoxy) is 1. The third-order valence-electron chi connectivity index (χ3n) is 5.01. The topological polar surface area (TPSA) is 108 Å². The maximum absolute atomic E-state index is 13.2. The summed E-state index contributed by atoms with van der Waals surface area (Å²) in [6.07, 6.45) is 0. The summed E-state index contributed by atoms with van der Waals surface area (Å²) in [6.45, 7) is 5.73. The first-order valence-electron chi connectivity index (χ1n) is 10.3. The number of para-hydroxylation sites is 2. The van der Waals surface area contributed by atoms with Gasteiger partial charge in [0.25, 0.3) is 5.56 Å². The molecule has 0 unspecified atom stereocenters. The lowest BCUT2D eigenvalue weighted by molar-refractivity contribution is -0.116. The van der Waals surface area contributed by atoms with Crippen molar-refractivity contribution in [1.29, 1.82) is 0 Å². The molecule has 2 heterocycles. The molecular weight excluding hydrogens is 410 g/mol. The van der Waals surface area contributed by atoms with Gasteiger partial charge in [0.15, 0.2) is 0 Å². The summed E-state index contributed by atoms with van der Waals surface area (Å²) < 4.78 is 8.13. The summed E-state index contributed by atoms with van der Waals surface area (Å²) in [5.41, 5.74) is 1.87. The average Bonchev–Trinajstić information content (AvgIpc) is 3.23. The number of carbonyl (C=O) groups is 2. The molecule has 2 aromatic carbocycles. The second-order valence-corrected chi connectivity index (χ2v) is 7.60. The SMILES string of the molecule is CCOC(=O)c1cccc(NC(=O)Cn2c(=O)c3nnc(C(C)C)n3c3ccccc32)c1. The van der Waals surface area contributed by atoms with Crippen molar-refractivity contribution in [1.82, 2.24) is 19.2 Å². The zero-order chi connectivity index (χ0) is 22.8. The van der Waals surface area contributed by atoms with E-state index >= 15 is 0 Å². The van der Waals surface area contributed by atoms with E-state index < -0.39 is 17.4 Å². The Morgan fingerprint density at radius 3 is 2.53 bits per heavy atom. The van der Waals surface area contributed by atoms with Gasteiger partial charge in [0.05, 0.1) is 23.2 Å². The Kier molecular flexibility index (Phi) is 5.72. The molecule has 32 heavy (non-hydrogen) atoms. The fourth-order valence-corrected chi connectivity index (χ4v) is 3.60. The van der Waals surface area contributed by atoms with Crippen molar-refractivity contribution < 1.29 is 14.3 Å². The van der Waals surface area contributed by atoms with Gasteiger partial charge in [-0.1, -0.05) is 32.0 Å². The summed E-state index contributed by atoms with van der Waals surface area (Å²) in [4.78, 5) is 37.9. The third-order valence-corrected chi connectivity index (χ3v) is 5.01. The molecule has 0 saturated heterocycles. The number of aromatic nitrogens is 4. The summed E-state index contributed by atoms with van der Waals surface area (Å²) in [6, 6.07) is 13.8. The van der Waals surface area contributed by atoms with Crippen molar-refractivity contribution in [3.8, 4) is 0 Å². The van der Waals surface area contributed by atoms with Gasteiger partial charge in [-0.3, -0.25) is 18.6 Å². The zero-order valence-corrected chi connectivity index (χ0v) is 18.0. The number of carbonyl (C=O) groups excluding carboxylic acids is 2. The fraction of sp³-hybridized carbons (Fsp3) is 0.261. The lowest BCUT2D eigenvalue weighted by Gasteiger charge is -2.13. The second-order valence-electron chi connectivity index (χ2n) is 7.60. The molecule has 164 valence electrons. The Balaban J connectivity index is 1.70. The number of benzene rings is 2. The van der Waals surface area contributed by atoms with Crippen LogP contribution in [0, 0.1) is 0 Å². The molecule has 4 rings (SSSR count). The van der Waals surface area contributed by atoms with Crippen LogP contribution in [0.4, 0.5) is 5.69 Å². The van der Waals surface area contributed by atoms with Gasteiger partial charge in [0.1, 0.15) is 12.4 Å². The monoisotopic (exact) mass is 433 g/mol. The maximum Gasteiger partial charge on any atom is 0.338 e. The van der Waals surface area contributed by atoms with Crippen molar-refractivity contribution >= 4 is 34.2 Å². The number of amides is 1. The molecule has 0 bridgehead atoms. The van der Waals surface area contributed by atoms with Gasteiger partial charge in [0.2, 0.25) is 11.6 Å². The fourth-order valence-electron chi connectivity index (χ4n) is 3.60. The molecule has 1 N–H and O–H groups in total. The van der Waals surface area contributed by atoms with Crippen molar-refractivity contribution in [2.24, 2.45) is 0 Å². The normalized spacial score (nSPS) is 11.2. The number of hydrogen-bond acceptors (Lipinski definition) is 6. The van der Waals surface area contributed by atoms with Gasteiger partial charge in [-0.25, -0.2) is 4.79 Å². The molecule has 0 aliphatic heterocycles. The highest BCUT2D eigenvalue weighted by Gasteiger charge is 2.19. The Labute approximate surface area is 183 Å². The first-order valence-corrected chi connectivity index (χ1v) is 10.3. The van der Waals surface area contributed by atoms with Crippen LogP contribution in [0.2, 0.25) is 0 Å². The minimum absolute atomic E-state index is 0.0682. The van der Waals surface area contributed by atoms with Gasteiger partial charge >= 0.3 is 5.97 Å². The minimum Gasteiger partial charge on any atom is -0.462 e. The number of nitrogens with zero attached hydrogens (tertiary/aromatic N) is 4. The van der Waals surface area contributed by atoms with Crippen molar-refractivity contribution in [3.05, 3.63) is 70.3 Å². The van der Waals surface area contributed by atoms with Crippen LogP contribution in [0.5, 0.6) is 0 Å². The molecular formula is C23H23N5O4. The molecule has 0 aliphatic carbocycles. The van der Waals surface area contributed by atoms with Gasteiger partial charge < -0.3 is 10.1 Å². The van der Waals surface area contributed by atoms with Crippen molar-refractivity contribution in [2.45, 2.75) is 33.2 Å². The van der Waals surface area contributed by atoms with Crippen LogP contribution in [-0.4, -0.2) is 37.6 Å². The predicted octanol–water partition coefficient (Wildman–Crippen LogP) is 2.98. The Morgan fingerprint density at radius 2 is 1.81 bits per heavy atom. The van der Waals surface area contributed by atoms with Crippen LogP contribution in [0.15, 0.2) is 53.3 Å². The summed E-state index contributed by atoms with van der Waals surface area (Å²) in [5.74, 6) is -0.130. The van der Waals surface area contributed by atoms with Gasteiger partial charge in [-0.15, -0.1) is 10.2 Å². The summed E-state index contributed by atoms with van der Waals surface area (Å²) >= 11 is 0. The van der Waals surface area contributed by atoms with E-state index in [9.17, 15) is 14.4 Å². The largest absolute Gasteiger partial charge is 0.462 e. The van der Waals surface area contributed by atoms with Crippen LogP contribution >= 0.6 is 0 Å². The van der Waals surface area contributed by atoms with Gasteiger partial charge in [-0.05, 0) is 37.3 Å². The minimum atomic E-state index is -0.468. The predicted molar refractivity (Wildman–Crippen MR) is 120 cm³/mol. The van der Waals surface area contributed by atoms with Crippen LogP contribution < -0.4 is 10.9 Å². The van der Waals surface area contributed by atoms with Gasteiger partial charge in [0, 0.05) is 11.6 Å². The molecule has 0 fully saturated rings. The number of esters is 1. The number of anilines is 1. The first kappa shape index (κ1) is 21.2. The van der Waals surface area contributed by atoms with E-state index in [0.717, 1.165) is 5.52 Å². The van der Waals surface area contributed by atoms with E-state index in [2.05, 4.69) is 15.5 Å². The molecule has 9 nitrogen and oxygen atoms in total. The highest BCUT2D eigenvalue weighted by Crippen LogP contribution is 2.20. The molecule has 9 heteroatoms. The quantitative estimate of drug-likeness (QED) is 0.469. The van der Waals surface area contributed by atoms with Crippen molar-refractivity contribution in [2.75, 3.05) is 11.9 Å². The van der Waals surface area contributed by atoms with E-state index in [1.807, 2.05) is 32.0 Å². The highest BCUT2D eigenvalue weighted by atomic mass is 16.5. The Morgan fingerprint density at radius 1 is 1.06 bits per heavy atom. The second kappa shape index (κ2) is 8.62. The van der Waals surface area contributed by atoms with E-state index in [0.29, 0.717) is 22.6 Å². The van der Waals surface area contributed by atoms with E-state index in [1.54, 1.807) is 35.6 Å². The zero-order valence-electron chi connectivity index (χ0n) is 18.0. The molecule has 0 radical (unpaired) electrons. The van der Waals surface area contributed by atoms with Crippen LogP contribution in [0.1, 0.15) is 42.9 Å².